The molecule has 3 aromatic rings. The molecule has 1 fully saturated rings. The maximum atomic E-state index is 12.8. The van der Waals surface area contributed by atoms with E-state index in [1.165, 1.54) is 16.4 Å². The van der Waals surface area contributed by atoms with Gasteiger partial charge in [0.15, 0.2) is 0 Å². The zero-order chi connectivity index (χ0) is 20.3. The van der Waals surface area contributed by atoms with Crippen molar-refractivity contribution >= 4 is 37.5 Å². The Hall–Kier alpha value is -2.33. The Morgan fingerprint density at radius 2 is 1.93 bits per heavy atom. The van der Waals surface area contributed by atoms with Crippen LogP contribution in [-0.4, -0.2) is 56.5 Å². The standard InChI is InChI=1S/C20H21N3O4S2/c24-20(21-9-8-19-22-17-6-1-2-7-18(17)28-19)15-4-3-5-16(14-15)29(25,26)23-10-12-27-13-11-23/h1-7,14H,8-13H2,(H,21,24). The summed E-state index contributed by atoms with van der Waals surface area (Å²) in [6, 6.07) is 14.1. The number of nitrogens with zero attached hydrogens (tertiary/aromatic N) is 2. The van der Waals surface area contributed by atoms with Crippen LogP contribution in [0.2, 0.25) is 0 Å². The number of hydrogen-bond donors (Lipinski definition) is 1. The lowest BCUT2D eigenvalue weighted by molar-refractivity contribution is 0.0730. The number of para-hydroxylation sites is 1. The minimum absolute atomic E-state index is 0.123. The number of benzene rings is 2. The molecule has 1 aliphatic heterocycles. The largest absolute Gasteiger partial charge is 0.379 e. The van der Waals surface area contributed by atoms with Gasteiger partial charge in [-0.15, -0.1) is 11.3 Å². The van der Waals surface area contributed by atoms with E-state index in [4.69, 9.17) is 4.74 Å². The molecule has 2 aromatic carbocycles. The van der Waals surface area contributed by atoms with Crippen molar-refractivity contribution in [3.8, 4) is 0 Å². The van der Waals surface area contributed by atoms with E-state index in [1.807, 2.05) is 24.3 Å². The zero-order valence-corrected chi connectivity index (χ0v) is 17.3. The van der Waals surface area contributed by atoms with Crippen LogP contribution in [0.15, 0.2) is 53.4 Å². The van der Waals surface area contributed by atoms with Crippen molar-refractivity contribution in [2.75, 3.05) is 32.8 Å². The van der Waals surface area contributed by atoms with Gasteiger partial charge in [0.1, 0.15) is 0 Å². The van der Waals surface area contributed by atoms with Crippen molar-refractivity contribution in [1.82, 2.24) is 14.6 Å². The molecule has 1 aliphatic rings. The Morgan fingerprint density at radius 3 is 2.72 bits per heavy atom. The molecule has 0 bridgehead atoms. The van der Waals surface area contributed by atoms with Gasteiger partial charge < -0.3 is 10.1 Å². The molecule has 1 amide bonds. The molecule has 4 rings (SSSR count). The number of morpholine rings is 1. The number of carbonyl (C=O) groups excluding carboxylic acids is 1. The summed E-state index contributed by atoms with van der Waals surface area (Å²) in [7, 11) is -3.63. The van der Waals surface area contributed by atoms with E-state index in [2.05, 4.69) is 10.3 Å². The lowest BCUT2D eigenvalue weighted by atomic mass is 10.2. The summed E-state index contributed by atoms with van der Waals surface area (Å²) in [6.45, 7) is 1.83. The van der Waals surface area contributed by atoms with Gasteiger partial charge in [-0.25, -0.2) is 13.4 Å². The zero-order valence-electron chi connectivity index (χ0n) is 15.7. The fourth-order valence-electron chi connectivity index (χ4n) is 3.15. The van der Waals surface area contributed by atoms with E-state index < -0.39 is 10.0 Å². The highest BCUT2D eigenvalue weighted by atomic mass is 32.2. The van der Waals surface area contributed by atoms with Crippen LogP contribution in [0.25, 0.3) is 10.2 Å². The van der Waals surface area contributed by atoms with E-state index in [0.29, 0.717) is 44.8 Å². The number of rotatable bonds is 6. The van der Waals surface area contributed by atoms with Gasteiger partial charge in [-0.1, -0.05) is 18.2 Å². The Balaban J connectivity index is 1.40. The minimum Gasteiger partial charge on any atom is -0.379 e. The highest BCUT2D eigenvalue weighted by molar-refractivity contribution is 7.89. The van der Waals surface area contributed by atoms with Crippen LogP contribution in [0, 0.1) is 0 Å². The molecule has 1 aromatic heterocycles. The van der Waals surface area contributed by atoms with Crippen molar-refractivity contribution in [2.24, 2.45) is 0 Å². The van der Waals surface area contributed by atoms with Crippen LogP contribution in [0.5, 0.6) is 0 Å². The van der Waals surface area contributed by atoms with Gasteiger partial charge in [-0.3, -0.25) is 4.79 Å². The molecule has 0 atom stereocenters. The van der Waals surface area contributed by atoms with E-state index >= 15 is 0 Å². The van der Waals surface area contributed by atoms with Crippen LogP contribution in [0.1, 0.15) is 15.4 Å². The molecule has 7 nitrogen and oxygen atoms in total. The van der Waals surface area contributed by atoms with Gasteiger partial charge in [0.05, 0.1) is 33.3 Å². The lowest BCUT2D eigenvalue weighted by Crippen LogP contribution is -2.40. The van der Waals surface area contributed by atoms with Gasteiger partial charge in [0, 0.05) is 31.6 Å². The number of thiazole rings is 1. The summed E-state index contributed by atoms with van der Waals surface area (Å²) in [5.74, 6) is -0.301. The molecule has 0 aliphatic carbocycles. The smallest absolute Gasteiger partial charge is 0.251 e. The Bertz CT molecular complexity index is 1090. The van der Waals surface area contributed by atoms with Crippen LogP contribution in [0.4, 0.5) is 0 Å². The van der Waals surface area contributed by atoms with Crippen molar-refractivity contribution in [3.63, 3.8) is 0 Å². The van der Waals surface area contributed by atoms with Gasteiger partial charge in [0.2, 0.25) is 10.0 Å². The Kier molecular flexibility index (Phi) is 5.91. The molecule has 29 heavy (non-hydrogen) atoms. The van der Waals surface area contributed by atoms with E-state index in [-0.39, 0.29) is 10.8 Å². The first-order valence-electron chi connectivity index (χ1n) is 9.35. The molecule has 0 unspecified atom stereocenters. The summed E-state index contributed by atoms with van der Waals surface area (Å²) in [4.78, 5) is 17.2. The molecule has 0 radical (unpaired) electrons. The second-order valence-electron chi connectivity index (χ2n) is 6.63. The molecule has 152 valence electrons. The molecule has 1 N–H and O–H groups in total. The number of hydrogen-bond acceptors (Lipinski definition) is 6. The summed E-state index contributed by atoms with van der Waals surface area (Å²) in [6.07, 6.45) is 0.622. The van der Waals surface area contributed by atoms with E-state index in [1.54, 1.807) is 23.5 Å². The van der Waals surface area contributed by atoms with Crippen molar-refractivity contribution in [2.45, 2.75) is 11.3 Å². The van der Waals surface area contributed by atoms with Crippen LogP contribution >= 0.6 is 11.3 Å². The maximum absolute atomic E-state index is 12.8. The number of nitrogens with one attached hydrogen (secondary N) is 1. The summed E-state index contributed by atoms with van der Waals surface area (Å²) in [5, 5.41) is 3.80. The fourth-order valence-corrected chi connectivity index (χ4v) is 5.57. The summed E-state index contributed by atoms with van der Waals surface area (Å²) in [5.41, 5.74) is 1.28. The molecular formula is C20H21N3O4S2. The van der Waals surface area contributed by atoms with Crippen molar-refractivity contribution in [1.29, 1.82) is 0 Å². The lowest BCUT2D eigenvalue weighted by Gasteiger charge is -2.26. The third kappa shape index (κ3) is 4.48. The average molecular weight is 432 g/mol. The fraction of sp³-hybridized carbons (Fsp3) is 0.300. The normalized spacial score (nSPS) is 15.4. The van der Waals surface area contributed by atoms with Gasteiger partial charge in [-0.2, -0.15) is 4.31 Å². The number of amides is 1. The predicted octanol–water partition coefficient (Wildman–Crippen LogP) is 2.29. The third-order valence-corrected chi connectivity index (χ3v) is 7.66. The SMILES string of the molecule is O=C(NCCc1nc2ccccc2s1)c1cccc(S(=O)(=O)N2CCOCC2)c1. The third-order valence-electron chi connectivity index (χ3n) is 4.67. The number of fused-ring (bicyclic) bond motifs is 1. The second-order valence-corrected chi connectivity index (χ2v) is 9.68. The van der Waals surface area contributed by atoms with E-state index in [9.17, 15) is 13.2 Å². The summed E-state index contributed by atoms with van der Waals surface area (Å²) < 4.78 is 33.3. The van der Waals surface area contributed by atoms with Crippen LogP contribution in [0.3, 0.4) is 0 Å². The molecule has 9 heteroatoms. The quantitative estimate of drug-likeness (QED) is 0.647. The highest BCUT2D eigenvalue weighted by Gasteiger charge is 2.26. The molecule has 0 spiro atoms. The predicted molar refractivity (Wildman–Crippen MR) is 112 cm³/mol. The highest BCUT2D eigenvalue weighted by Crippen LogP contribution is 2.22. The average Bonchev–Trinajstić information content (AvgIpc) is 3.17. The molecule has 1 saturated heterocycles. The molecular weight excluding hydrogens is 410 g/mol. The van der Waals surface area contributed by atoms with Gasteiger partial charge in [0.25, 0.3) is 5.91 Å². The number of carbonyl (C=O) groups is 1. The van der Waals surface area contributed by atoms with Crippen molar-refractivity contribution in [3.05, 3.63) is 59.1 Å². The first-order valence-corrected chi connectivity index (χ1v) is 11.6. The number of ether oxygens (including phenoxy) is 1. The van der Waals surface area contributed by atoms with Gasteiger partial charge in [-0.05, 0) is 30.3 Å². The monoisotopic (exact) mass is 431 g/mol. The Morgan fingerprint density at radius 1 is 1.14 bits per heavy atom. The first-order chi connectivity index (χ1) is 14.0. The number of aromatic nitrogens is 1. The van der Waals surface area contributed by atoms with E-state index in [0.717, 1.165) is 15.2 Å². The number of sulfonamides is 1. The van der Waals surface area contributed by atoms with Crippen LogP contribution in [-0.2, 0) is 21.2 Å². The topological polar surface area (TPSA) is 88.6 Å². The summed E-state index contributed by atoms with van der Waals surface area (Å²) >= 11 is 1.61. The van der Waals surface area contributed by atoms with Crippen LogP contribution < -0.4 is 5.32 Å². The maximum Gasteiger partial charge on any atom is 0.251 e. The minimum atomic E-state index is -3.63. The molecule has 0 saturated carbocycles. The first kappa shape index (κ1) is 20.0. The van der Waals surface area contributed by atoms with Crippen molar-refractivity contribution < 1.29 is 17.9 Å². The Labute approximate surface area is 173 Å². The van der Waals surface area contributed by atoms with Gasteiger partial charge >= 0.3 is 0 Å². The second kappa shape index (κ2) is 8.58. The molecule has 2 heterocycles.